The molecule has 1 aromatic carbocycles. The van der Waals surface area contributed by atoms with Gasteiger partial charge in [-0.05, 0) is 31.5 Å². The van der Waals surface area contributed by atoms with Crippen LogP contribution in [0.1, 0.15) is 24.7 Å². The molecular weight excluding hydrogens is 289 g/mol. The van der Waals surface area contributed by atoms with Gasteiger partial charge in [0.15, 0.2) is 5.82 Å². The van der Waals surface area contributed by atoms with E-state index in [2.05, 4.69) is 15.6 Å². The number of carbonyl (C=O) groups is 1. The lowest BCUT2D eigenvalue weighted by atomic mass is 9.95. The topological polar surface area (TPSA) is 76.7 Å². The van der Waals surface area contributed by atoms with Gasteiger partial charge in [0, 0.05) is 12.5 Å². The van der Waals surface area contributed by atoms with E-state index in [1.165, 1.54) is 12.1 Å². The minimum Gasteiger partial charge on any atom is -0.379 e. The van der Waals surface area contributed by atoms with Crippen molar-refractivity contribution in [2.24, 2.45) is 5.16 Å². The lowest BCUT2D eigenvalue weighted by molar-refractivity contribution is -0.136. The highest BCUT2D eigenvalue weighted by Crippen LogP contribution is 2.28. The van der Waals surface area contributed by atoms with Gasteiger partial charge in [-0.15, -0.1) is 0 Å². The van der Waals surface area contributed by atoms with E-state index in [0.717, 1.165) is 5.56 Å². The van der Waals surface area contributed by atoms with Gasteiger partial charge in [0.1, 0.15) is 11.6 Å². The van der Waals surface area contributed by atoms with E-state index in [9.17, 15) is 9.18 Å². The number of amides is 1. The number of hydrogen-bond donors (Lipinski definition) is 1. The molecule has 1 atom stereocenters. The van der Waals surface area contributed by atoms with Crippen molar-refractivity contribution in [2.45, 2.75) is 25.9 Å². The first-order chi connectivity index (χ1) is 10.5. The fourth-order valence-corrected chi connectivity index (χ4v) is 2.13. The Kier molecular flexibility index (Phi) is 3.40. The van der Waals surface area contributed by atoms with Crippen LogP contribution in [-0.2, 0) is 9.63 Å². The van der Waals surface area contributed by atoms with Crippen molar-refractivity contribution in [2.75, 3.05) is 5.32 Å². The summed E-state index contributed by atoms with van der Waals surface area (Å²) in [7, 11) is 0. The standard InChI is InChI=1S/C15H14FN3O3/c1-9-7-13(19-21-9)17-14(20)15(2)8-12(18-22-15)10-3-5-11(16)6-4-10/h3-7H,8H2,1-2H3,(H,17,19,20)/t15-/m0/s1. The molecule has 1 amide bonds. The van der Waals surface area contributed by atoms with E-state index in [1.807, 2.05) is 0 Å². The van der Waals surface area contributed by atoms with Crippen LogP contribution in [0.2, 0.25) is 0 Å². The van der Waals surface area contributed by atoms with Crippen molar-refractivity contribution in [1.29, 1.82) is 0 Å². The van der Waals surface area contributed by atoms with Gasteiger partial charge in [-0.1, -0.05) is 22.4 Å². The van der Waals surface area contributed by atoms with E-state index in [-0.39, 0.29) is 18.1 Å². The summed E-state index contributed by atoms with van der Waals surface area (Å²) in [6, 6.07) is 7.49. The van der Waals surface area contributed by atoms with Gasteiger partial charge in [0.25, 0.3) is 5.91 Å². The van der Waals surface area contributed by atoms with Crippen LogP contribution in [0.5, 0.6) is 0 Å². The molecule has 0 bridgehead atoms. The molecule has 1 N–H and O–H groups in total. The molecule has 3 rings (SSSR count). The molecule has 114 valence electrons. The first kappa shape index (κ1) is 14.2. The maximum Gasteiger partial charge on any atom is 0.272 e. The number of benzene rings is 1. The Morgan fingerprint density at radius 3 is 2.73 bits per heavy atom. The van der Waals surface area contributed by atoms with Gasteiger partial charge in [-0.2, -0.15) is 0 Å². The minimum absolute atomic E-state index is 0.279. The monoisotopic (exact) mass is 303 g/mol. The van der Waals surface area contributed by atoms with Crippen LogP contribution in [0.25, 0.3) is 0 Å². The molecule has 0 spiro atoms. The van der Waals surface area contributed by atoms with Gasteiger partial charge in [0.05, 0.1) is 5.71 Å². The van der Waals surface area contributed by atoms with Crippen LogP contribution < -0.4 is 5.32 Å². The van der Waals surface area contributed by atoms with Gasteiger partial charge in [0.2, 0.25) is 5.60 Å². The van der Waals surface area contributed by atoms with Crippen LogP contribution >= 0.6 is 0 Å². The predicted octanol–water partition coefficient (Wildman–Crippen LogP) is 2.64. The Hall–Kier alpha value is -2.70. The van der Waals surface area contributed by atoms with Gasteiger partial charge in [-0.25, -0.2) is 4.39 Å². The Bertz CT molecular complexity index is 739. The van der Waals surface area contributed by atoms with E-state index in [0.29, 0.717) is 17.3 Å². The molecular formula is C15H14FN3O3. The zero-order valence-electron chi connectivity index (χ0n) is 12.1. The molecule has 0 unspecified atom stereocenters. The SMILES string of the molecule is Cc1cc(NC(=O)[C@]2(C)CC(c3ccc(F)cc3)=NO2)no1. The highest BCUT2D eigenvalue weighted by Gasteiger charge is 2.42. The summed E-state index contributed by atoms with van der Waals surface area (Å²) < 4.78 is 17.8. The van der Waals surface area contributed by atoms with Gasteiger partial charge in [-0.3, -0.25) is 4.79 Å². The van der Waals surface area contributed by atoms with Gasteiger partial charge >= 0.3 is 0 Å². The average Bonchev–Trinajstić information content (AvgIpc) is 3.07. The number of aryl methyl sites for hydroxylation is 1. The second kappa shape index (κ2) is 5.25. The second-order valence-corrected chi connectivity index (χ2v) is 5.32. The Labute approximate surface area is 125 Å². The van der Waals surface area contributed by atoms with E-state index < -0.39 is 5.60 Å². The number of halogens is 1. The minimum atomic E-state index is -1.14. The Balaban J connectivity index is 1.71. The van der Waals surface area contributed by atoms with Crippen LogP contribution in [0, 0.1) is 12.7 Å². The molecule has 0 fully saturated rings. The summed E-state index contributed by atoms with van der Waals surface area (Å²) in [5, 5.41) is 10.3. The molecule has 6 nitrogen and oxygen atoms in total. The van der Waals surface area contributed by atoms with Crippen LogP contribution in [0.3, 0.4) is 0 Å². The first-order valence-electron chi connectivity index (χ1n) is 6.72. The number of carbonyl (C=O) groups excluding carboxylic acids is 1. The number of hydrogen-bond acceptors (Lipinski definition) is 5. The summed E-state index contributed by atoms with van der Waals surface area (Å²) >= 11 is 0. The van der Waals surface area contributed by atoms with E-state index in [1.54, 1.807) is 32.0 Å². The van der Waals surface area contributed by atoms with Crippen molar-refractivity contribution in [1.82, 2.24) is 5.16 Å². The van der Waals surface area contributed by atoms with Crippen LogP contribution in [0.4, 0.5) is 10.2 Å². The van der Waals surface area contributed by atoms with Crippen molar-refractivity contribution < 1.29 is 18.5 Å². The third-order valence-electron chi connectivity index (χ3n) is 3.39. The number of nitrogens with zero attached hydrogens (tertiary/aromatic N) is 2. The molecule has 0 radical (unpaired) electrons. The molecule has 2 aromatic rings. The average molecular weight is 303 g/mol. The summed E-state index contributed by atoms with van der Waals surface area (Å²) in [5.74, 6) is 0.213. The van der Waals surface area contributed by atoms with Crippen molar-refractivity contribution in [3.05, 3.63) is 47.5 Å². The predicted molar refractivity (Wildman–Crippen MR) is 76.9 cm³/mol. The number of nitrogens with one attached hydrogen (secondary N) is 1. The Morgan fingerprint density at radius 2 is 2.09 bits per heavy atom. The normalized spacial score (nSPS) is 20.4. The summed E-state index contributed by atoms with van der Waals surface area (Å²) in [6.07, 6.45) is 0.279. The smallest absolute Gasteiger partial charge is 0.272 e. The maximum absolute atomic E-state index is 12.9. The molecule has 22 heavy (non-hydrogen) atoms. The largest absolute Gasteiger partial charge is 0.379 e. The maximum atomic E-state index is 12.9. The van der Waals surface area contributed by atoms with Gasteiger partial charge < -0.3 is 14.7 Å². The molecule has 0 saturated heterocycles. The summed E-state index contributed by atoms with van der Waals surface area (Å²) in [6.45, 7) is 3.36. The molecule has 1 aliphatic rings. The quantitative estimate of drug-likeness (QED) is 0.945. The zero-order valence-corrected chi connectivity index (χ0v) is 12.1. The van der Waals surface area contributed by atoms with Crippen molar-refractivity contribution in [3.63, 3.8) is 0 Å². The number of anilines is 1. The number of oxime groups is 1. The van der Waals surface area contributed by atoms with E-state index in [4.69, 9.17) is 9.36 Å². The molecule has 0 aliphatic carbocycles. The van der Waals surface area contributed by atoms with Crippen molar-refractivity contribution >= 4 is 17.4 Å². The fraction of sp³-hybridized carbons (Fsp3) is 0.267. The van der Waals surface area contributed by atoms with Crippen molar-refractivity contribution in [3.8, 4) is 0 Å². The number of aromatic nitrogens is 1. The molecule has 1 aromatic heterocycles. The number of rotatable bonds is 3. The third kappa shape index (κ3) is 2.69. The van der Waals surface area contributed by atoms with Crippen LogP contribution in [0.15, 0.2) is 40.0 Å². The second-order valence-electron chi connectivity index (χ2n) is 5.32. The lowest BCUT2D eigenvalue weighted by Crippen LogP contribution is -2.40. The first-order valence-corrected chi connectivity index (χ1v) is 6.72. The Morgan fingerprint density at radius 1 is 1.36 bits per heavy atom. The highest BCUT2D eigenvalue weighted by molar-refractivity contribution is 6.07. The molecule has 2 heterocycles. The highest BCUT2D eigenvalue weighted by atomic mass is 19.1. The fourth-order valence-electron chi connectivity index (χ4n) is 2.13. The molecule has 1 aliphatic heterocycles. The summed E-state index contributed by atoms with van der Waals surface area (Å²) in [5.41, 5.74) is 0.167. The van der Waals surface area contributed by atoms with E-state index >= 15 is 0 Å². The summed E-state index contributed by atoms with van der Waals surface area (Å²) in [4.78, 5) is 17.6. The zero-order chi connectivity index (χ0) is 15.7. The molecule has 0 saturated carbocycles. The van der Waals surface area contributed by atoms with Crippen LogP contribution in [-0.4, -0.2) is 22.4 Å². The molecule has 7 heteroatoms. The lowest BCUT2D eigenvalue weighted by Gasteiger charge is -2.19. The third-order valence-corrected chi connectivity index (χ3v) is 3.39.